The van der Waals surface area contributed by atoms with Crippen molar-refractivity contribution in [2.24, 2.45) is 10.2 Å². The van der Waals surface area contributed by atoms with E-state index in [9.17, 15) is 19.2 Å². The number of carbonyl (C=O) groups is 4. The van der Waals surface area contributed by atoms with E-state index in [2.05, 4.69) is 91.0 Å². The fourth-order valence-corrected chi connectivity index (χ4v) is 9.75. The van der Waals surface area contributed by atoms with Crippen molar-refractivity contribution in [3.8, 4) is 11.5 Å². The molecule has 4 amide bonds. The molecule has 0 unspecified atom stereocenters. The van der Waals surface area contributed by atoms with Crippen LogP contribution in [0.2, 0.25) is 0 Å². The fourth-order valence-electron chi connectivity index (χ4n) is 9.04. The Hall–Kier alpha value is -5.73. The van der Waals surface area contributed by atoms with Gasteiger partial charge in [-0.2, -0.15) is 10.2 Å². The van der Waals surface area contributed by atoms with Gasteiger partial charge < -0.3 is 47.7 Å². The molecule has 2 aromatic carbocycles. The van der Waals surface area contributed by atoms with Crippen LogP contribution in [0.15, 0.2) is 52.9 Å². The SMILES string of the molecule is C[C@@H]1C(=O)NN=C2COc3cc4c(I)cn(C5(C)CN(C(=O)OC(C)(C)C)C5)c4cc3N21.C[C@@H]1C(=O)NN=C2COc3cc4ccn(C5(C)CN(C(=O)OC(C)(C)C)C5)c4cc3N21. The Morgan fingerprint density at radius 3 is 1.68 bits per heavy atom. The van der Waals surface area contributed by atoms with Crippen LogP contribution in [0.3, 0.4) is 0 Å². The molecule has 6 aliphatic rings. The fraction of sp³-hybridized carbons (Fsp3) is 0.500. The maximum Gasteiger partial charge on any atom is 0.410 e. The number of rotatable bonds is 2. The van der Waals surface area contributed by atoms with Crippen molar-refractivity contribution in [3.05, 3.63) is 46.3 Å². The van der Waals surface area contributed by atoms with E-state index in [1.165, 1.54) is 0 Å². The Morgan fingerprint density at radius 2 is 1.19 bits per heavy atom. The Labute approximate surface area is 378 Å². The Kier molecular flexibility index (Phi) is 9.91. The Morgan fingerprint density at radius 1 is 0.730 bits per heavy atom. The van der Waals surface area contributed by atoms with E-state index in [4.69, 9.17) is 18.9 Å². The molecule has 19 heteroatoms. The number of nitrogens with one attached hydrogen (secondary N) is 2. The standard InChI is InChI=1S/C22H26IN5O4.C22H27N5O4/c1-12-19(29)25-24-18-9-31-17-6-13-14(23)8-27(15(13)7-16(17)28(12)18)22(5)10-26(11-22)20(30)32-21(2,3)4;1-13-19(28)24-23-18-10-30-17-8-14-6-7-26(15(14)9-16(17)27(13)18)22(5)11-25(12-22)20(29)31-21(2,3)4/h6-8,12H,9-11H2,1-5H3,(H,25,29);6-9,13H,10-12H2,1-5H3,(H,24,28)/t12-;13-/m11/s1. The molecule has 4 aromatic rings. The molecule has 0 bridgehead atoms. The number of halogens is 1. The number of aromatic nitrogens is 2. The Bertz CT molecular complexity index is 2660. The minimum Gasteiger partial charge on any atom is -0.483 e. The molecule has 2 aromatic heterocycles. The predicted octanol–water partition coefficient (Wildman–Crippen LogP) is 5.88. The summed E-state index contributed by atoms with van der Waals surface area (Å²) in [4.78, 5) is 56.6. The first-order chi connectivity index (χ1) is 29.5. The lowest BCUT2D eigenvalue weighted by Crippen LogP contribution is -2.63. The van der Waals surface area contributed by atoms with Gasteiger partial charge in [0, 0.05) is 52.9 Å². The van der Waals surface area contributed by atoms with Crippen molar-refractivity contribution in [1.82, 2.24) is 29.8 Å². The van der Waals surface area contributed by atoms with Crippen LogP contribution >= 0.6 is 22.6 Å². The first-order valence-corrected chi connectivity index (χ1v) is 22.1. The monoisotopic (exact) mass is 976 g/mol. The number of likely N-dealkylation sites (tertiary alicyclic amines) is 2. The van der Waals surface area contributed by atoms with Crippen LogP contribution in [0.25, 0.3) is 21.8 Å². The lowest BCUT2D eigenvalue weighted by molar-refractivity contribution is -0.123. The zero-order valence-corrected chi connectivity index (χ0v) is 39.3. The van der Waals surface area contributed by atoms with Crippen LogP contribution in [0.4, 0.5) is 21.0 Å². The maximum atomic E-state index is 12.5. The summed E-state index contributed by atoms with van der Waals surface area (Å²) in [7, 11) is 0. The summed E-state index contributed by atoms with van der Waals surface area (Å²) < 4.78 is 28.4. The molecule has 0 saturated carbocycles. The highest BCUT2D eigenvalue weighted by molar-refractivity contribution is 14.1. The zero-order valence-electron chi connectivity index (χ0n) is 37.2. The number of hydrazone groups is 2. The third-order valence-electron chi connectivity index (χ3n) is 12.1. The number of nitrogens with zero attached hydrogens (tertiary/aromatic N) is 8. The van der Waals surface area contributed by atoms with Crippen molar-refractivity contribution in [3.63, 3.8) is 0 Å². The number of hydrogen-bond donors (Lipinski definition) is 2. The van der Waals surface area contributed by atoms with Gasteiger partial charge in [0.05, 0.1) is 33.5 Å². The molecule has 0 spiro atoms. The number of benzene rings is 2. The van der Waals surface area contributed by atoms with Gasteiger partial charge in [-0.3, -0.25) is 9.59 Å². The molecule has 8 heterocycles. The number of carbonyl (C=O) groups excluding carboxylic acids is 4. The van der Waals surface area contributed by atoms with Gasteiger partial charge in [0.1, 0.15) is 48.0 Å². The predicted molar refractivity (Wildman–Crippen MR) is 246 cm³/mol. The summed E-state index contributed by atoms with van der Waals surface area (Å²) in [5.74, 6) is 2.55. The first-order valence-electron chi connectivity index (χ1n) is 21.1. The van der Waals surface area contributed by atoms with E-state index in [0.29, 0.717) is 51.1 Å². The zero-order chi connectivity index (χ0) is 45.1. The molecule has 2 atom stereocenters. The summed E-state index contributed by atoms with van der Waals surface area (Å²) >= 11 is 2.33. The van der Waals surface area contributed by atoms with Crippen molar-refractivity contribution in [1.29, 1.82) is 0 Å². The molecule has 6 aliphatic heterocycles. The first kappa shape index (κ1) is 42.6. The second-order valence-corrected chi connectivity index (χ2v) is 20.8. The number of amides is 4. The summed E-state index contributed by atoms with van der Waals surface area (Å²) in [5.41, 5.74) is 7.28. The highest BCUT2D eigenvalue weighted by atomic mass is 127. The van der Waals surface area contributed by atoms with Crippen molar-refractivity contribution < 1.29 is 38.1 Å². The third kappa shape index (κ3) is 7.44. The van der Waals surface area contributed by atoms with Crippen molar-refractivity contribution >= 4 is 91.4 Å². The van der Waals surface area contributed by atoms with Gasteiger partial charge in [0.25, 0.3) is 11.8 Å². The molecule has 0 radical (unpaired) electrons. The second kappa shape index (κ2) is 14.7. The summed E-state index contributed by atoms with van der Waals surface area (Å²) in [6.07, 6.45) is 3.58. The average molecular weight is 977 g/mol. The van der Waals surface area contributed by atoms with Crippen LogP contribution in [-0.4, -0.2) is 117 Å². The molecule has 0 aliphatic carbocycles. The molecule has 2 fully saturated rings. The largest absolute Gasteiger partial charge is 0.483 e. The lowest BCUT2D eigenvalue weighted by Gasteiger charge is -2.49. The van der Waals surface area contributed by atoms with Crippen molar-refractivity contribution in [2.75, 3.05) is 49.2 Å². The number of hydrogen-bond acceptors (Lipinski definition) is 12. The van der Waals surface area contributed by atoms with Crippen LogP contribution < -0.4 is 30.1 Å². The second-order valence-electron chi connectivity index (χ2n) is 19.6. The Balaban J connectivity index is 0.000000160. The molecule has 10 rings (SSSR count). The number of amidine groups is 2. The number of fused-ring (bicyclic) bond motifs is 8. The highest BCUT2D eigenvalue weighted by Crippen LogP contribution is 2.44. The van der Waals surface area contributed by atoms with Gasteiger partial charge in [-0.25, -0.2) is 20.4 Å². The van der Waals surface area contributed by atoms with Gasteiger partial charge in [-0.05, 0) is 122 Å². The summed E-state index contributed by atoms with van der Waals surface area (Å²) in [6.45, 7) is 22.1. The summed E-state index contributed by atoms with van der Waals surface area (Å²) in [6, 6.07) is 9.45. The number of anilines is 2. The van der Waals surface area contributed by atoms with E-state index >= 15 is 0 Å². The number of ether oxygens (including phenoxy) is 4. The highest BCUT2D eigenvalue weighted by Gasteiger charge is 2.47. The van der Waals surface area contributed by atoms with E-state index in [1.54, 1.807) is 9.80 Å². The molecule has 2 N–H and O–H groups in total. The lowest BCUT2D eigenvalue weighted by atomic mass is 9.92. The van der Waals surface area contributed by atoms with Crippen LogP contribution in [0.5, 0.6) is 11.5 Å². The van der Waals surface area contributed by atoms with Gasteiger partial charge >= 0.3 is 12.2 Å². The summed E-state index contributed by atoms with van der Waals surface area (Å²) in [5, 5.41) is 10.5. The maximum absolute atomic E-state index is 12.5. The van der Waals surface area contributed by atoms with Crippen LogP contribution in [-0.2, 0) is 30.1 Å². The van der Waals surface area contributed by atoms with Gasteiger partial charge in [0.2, 0.25) is 0 Å². The van der Waals surface area contributed by atoms with E-state index in [1.807, 2.05) is 83.5 Å². The van der Waals surface area contributed by atoms with Crippen LogP contribution in [0, 0.1) is 3.57 Å². The van der Waals surface area contributed by atoms with Gasteiger partial charge in [-0.1, -0.05) is 0 Å². The smallest absolute Gasteiger partial charge is 0.410 e. The molecule has 63 heavy (non-hydrogen) atoms. The van der Waals surface area contributed by atoms with Crippen molar-refractivity contribution in [2.45, 2.75) is 104 Å². The molecule has 334 valence electrons. The van der Waals surface area contributed by atoms with E-state index in [0.717, 1.165) is 48.2 Å². The van der Waals surface area contributed by atoms with Gasteiger partial charge in [-0.15, -0.1) is 0 Å². The molecular formula is C44H53IN10O8. The molecule has 2 saturated heterocycles. The van der Waals surface area contributed by atoms with E-state index < -0.39 is 11.2 Å². The normalized spacial score (nSPS) is 21.9. The topological polar surface area (TPSA) is 177 Å². The van der Waals surface area contributed by atoms with Gasteiger partial charge in [0.15, 0.2) is 11.7 Å². The average Bonchev–Trinajstić information content (AvgIpc) is 3.75. The molecule has 18 nitrogen and oxygen atoms in total. The third-order valence-corrected chi connectivity index (χ3v) is 13.0. The minimum absolute atomic E-state index is 0.147. The van der Waals surface area contributed by atoms with E-state index in [-0.39, 0.29) is 47.2 Å². The minimum atomic E-state index is -0.519. The van der Waals surface area contributed by atoms with Crippen LogP contribution in [0.1, 0.15) is 69.2 Å². The molecular weight excluding hydrogens is 923 g/mol. The quantitative estimate of drug-likeness (QED) is 0.231.